The van der Waals surface area contributed by atoms with Crippen molar-refractivity contribution in [1.29, 1.82) is 0 Å². The number of pyridine rings is 1. The van der Waals surface area contributed by atoms with E-state index < -0.39 is 0 Å². The second-order valence-electron chi connectivity index (χ2n) is 5.78. The second kappa shape index (κ2) is 6.35. The third-order valence-corrected chi connectivity index (χ3v) is 4.21. The minimum Gasteiger partial charge on any atom is -0.495 e. The monoisotopic (exact) mass is 336 g/mol. The van der Waals surface area contributed by atoms with Crippen LogP contribution in [0.4, 0.5) is 5.69 Å². The molecule has 3 aromatic rings. The normalized spacial score (nSPS) is 17.1. The average molecular weight is 336 g/mol. The van der Waals surface area contributed by atoms with Crippen molar-refractivity contribution in [3.63, 3.8) is 0 Å². The first kappa shape index (κ1) is 15.3. The molecule has 0 spiro atoms. The second-order valence-corrected chi connectivity index (χ2v) is 5.78. The molecule has 1 unspecified atom stereocenters. The number of rotatable bonds is 4. The van der Waals surface area contributed by atoms with E-state index in [2.05, 4.69) is 15.1 Å². The number of carbonyl (C=O) groups is 1. The van der Waals surface area contributed by atoms with Gasteiger partial charge in [0.05, 0.1) is 18.7 Å². The van der Waals surface area contributed by atoms with Gasteiger partial charge in [-0.05, 0) is 24.3 Å². The zero-order valence-electron chi connectivity index (χ0n) is 13.6. The highest BCUT2D eigenvalue weighted by Crippen LogP contribution is 2.36. The van der Waals surface area contributed by atoms with E-state index in [4.69, 9.17) is 9.26 Å². The molecular formula is C18H16N4O3. The number of carbonyl (C=O) groups excluding carboxylic acids is 1. The number of hydrogen-bond acceptors (Lipinski definition) is 6. The van der Waals surface area contributed by atoms with Crippen LogP contribution in [-0.2, 0) is 4.79 Å². The van der Waals surface area contributed by atoms with Crippen molar-refractivity contribution in [2.24, 2.45) is 0 Å². The minimum atomic E-state index is -0.143. The molecule has 1 aromatic carbocycles. The van der Waals surface area contributed by atoms with Gasteiger partial charge in [-0.25, -0.2) is 0 Å². The summed E-state index contributed by atoms with van der Waals surface area (Å²) in [6.07, 6.45) is 3.69. The van der Waals surface area contributed by atoms with Crippen molar-refractivity contribution in [3.05, 3.63) is 54.7 Å². The Morgan fingerprint density at radius 3 is 2.92 bits per heavy atom. The average Bonchev–Trinajstić information content (AvgIpc) is 3.29. The first-order chi connectivity index (χ1) is 12.3. The molecule has 7 nitrogen and oxygen atoms in total. The molecule has 1 saturated heterocycles. The molecule has 3 heterocycles. The summed E-state index contributed by atoms with van der Waals surface area (Å²) < 4.78 is 10.7. The molecular weight excluding hydrogens is 320 g/mol. The van der Waals surface area contributed by atoms with E-state index in [1.165, 1.54) is 0 Å². The molecule has 4 rings (SSSR count). The number of anilines is 1. The summed E-state index contributed by atoms with van der Waals surface area (Å²) >= 11 is 0. The van der Waals surface area contributed by atoms with Crippen LogP contribution in [0.25, 0.3) is 11.4 Å². The molecule has 0 saturated carbocycles. The molecule has 1 aliphatic rings. The van der Waals surface area contributed by atoms with E-state index in [-0.39, 0.29) is 11.8 Å². The maximum atomic E-state index is 12.5. The van der Waals surface area contributed by atoms with Gasteiger partial charge in [-0.3, -0.25) is 9.78 Å². The van der Waals surface area contributed by atoms with Crippen LogP contribution in [0.2, 0.25) is 0 Å². The van der Waals surface area contributed by atoms with Gasteiger partial charge in [-0.2, -0.15) is 4.98 Å². The fourth-order valence-corrected chi connectivity index (χ4v) is 2.97. The summed E-state index contributed by atoms with van der Waals surface area (Å²) in [7, 11) is 1.59. The Hall–Kier alpha value is -3.22. The quantitative estimate of drug-likeness (QED) is 0.728. The summed E-state index contributed by atoms with van der Waals surface area (Å²) in [5, 5.41) is 4.01. The van der Waals surface area contributed by atoms with Crippen LogP contribution in [0.5, 0.6) is 5.75 Å². The molecule has 126 valence electrons. The number of ether oxygens (including phenoxy) is 1. The highest BCUT2D eigenvalue weighted by atomic mass is 16.5. The lowest BCUT2D eigenvalue weighted by Crippen LogP contribution is -2.24. The van der Waals surface area contributed by atoms with E-state index in [9.17, 15) is 4.79 Å². The number of methoxy groups -OCH3 is 1. The van der Waals surface area contributed by atoms with Gasteiger partial charge in [0.1, 0.15) is 5.75 Å². The Labute approximate surface area is 144 Å². The van der Waals surface area contributed by atoms with Crippen molar-refractivity contribution in [2.45, 2.75) is 12.3 Å². The molecule has 7 heteroatoms. The largest absolute Gasteiger partial charge is 0.495 e. The topological polar surface area (TPSA) is 81.3 Å². The van der Waals surface area contributed by atoms with E-state index in [0.29, 0.717) is 30.4 Å². The first-order valence-electron chi connectivity index (χ1n) is 7.93. The Bertz CT molecular complexity index is 894. The summed E-state index contributed by atoms with van der Waals surface area (Å²) in [5.41, 5.74) is 1.54. The van der Waals surface area contributed by atoms with Crippen molar-refractivity contribution in [2.75, 3.05) is 18.6 Å². The lowest BCUT2D eigenvalue weighted by molar-refractivity contribution is -0.117. The first-order valence-corrected chi connectivity index (χ1v) is 7.93. The number of aromatic nitrogens is 3. The van der Waals surface area contributed by atoms with Gasteiger partial charge in [0.2, 0.25) is 17.6 Å². The van der Waals surface area contributed by atoms with Gasteiger partial charge in [0.25, 0.3) is 0 Å². The number of amides is 1. The molecule has 1 fully saturated rings. The maximum Gasteiger partial charge on any atom is 0.232 e. The van der Waals surface area contributed by atoms with Crippen molar-refractivity contribution in [3.8, 4) is 17.1 Å². The Kier molecular flexibility index (Phi) is 3.89. The Morgan fingerprint density at radius 2 is 2.12 bits per heavy atom. The molecule has 0 bridgehead atoms. The minimum absolute atomic E-state index is 0.00984. The van der Waals surface area contributed by atoms with Gasteiger partial charge in [-0.1, -0.05) is 17.3 Å². The van der Waals surface area contributed by atoms with Crippen LogP contribution in [0, 0.1) is 0 Å². The highest BCUT2D eigenvalue weighted by molar-refractivity contribution is 5.97. The van der Waals surface area contributed by atoms with E-state index in [1.807, 2.05) is 36.4 Å². The summed E-state index contributed by atoms with van der Waals surface area (Å²) in [4.78, 5) is 22.7. The molecule has 1 atom stereocenters. The van der Waals surface area contributed by atoms with Crippen molar-refractivity contribution >= 4 is 11.6 Å². The summed E-state index contributed by atoms with van der Waals surface area (Å²) in [6.45, 7) is 0.480. The Balaban J connectivity index is 1.58. The molecule has 1 aliphatic heterocycles. The number of hydrogen-bond donors (Lipinski definition) is 0. The molecule has 0 aliphatic carbocycles. The predicted octanol–water partition coefficient (Wildman–Crippen LogP) is 2.66. The third-order valence-electron chi connectivity index (χ3n) is 4.21. The van der Waals surface area contributed by atoms with Crippen LogP contribution in [0.1, 0.15) is 18.2 Å². The van der Waals surface area contributed by atoms with Gasteiger partial charge in [-0.15, -0.1) is 0 Å². The lowest BCUT2D eigenvalue weighted by atomic mass is 10.1. The smallest absolute Gasteiger partial charge is 0.232 e. The van der Waals surface area contributed by atoms with E-state index in [1.54, 1.807) is 24.4 Å². The highest BCUT2D eigenvalue weighted by Gasteiger charge is 2.36. The standard InChI is InChI=1S/C18H16N4O3/c1-24-15-7-3-2-6-14(15)22-11-13(9-16(22)23)18-20-17(21-25-18)12-5-4-8-19-10-12/h2-8,10,13H,9,11H2,1H3. The van der Waals surface area contributed by atoms with Crippen LogP contribution in [-0.4, -0.2) is 34.7 Å². The van der Waals surface area contributed by atoms with E-state index in [0.717, 1.165) is 11.3 Å². The zero-order chi connectivity index (χ0) is 17.2. The molecule has 0 radical (unpaired) electrons. The van der Waals surface area contributed by atoms with Crippen LogP contribution in [0.15, 0.2) is 53.3 Å². The Morgan fingerprint density at radius 1 is 1.24 bits per heavy atom. The number of para-hydroxylation sites is 2. The fourth-order valence-electron chi connectivity index (χ4n) is 2.97. The van der Waals surface area contributed by atoms with Crippen LogP contribution < -0.4 is 9.64 Å². The van der Waals surface area contributed by atoms with Gasteiger partial charge in [0.15, 0.2) is 0 Å². The third kappa shape index (κ3) is 2.84. The van der Waals surface area contributed by atoms with Crippen LogP contribution >= 0.6 is 0 Å². The van der Waals surface area contributed by atoms with Crippen molar-refractivity contribution in [1.82, 2.24) is 15.1 Å². The zero-order valence-corrected chi connectivity index (χ0v) is 13.6. The number of nitrogens with zero attached hydrogens (tertiary/aromatic N) is 4. The van der Waals surface area contributed by atoms with Crippen LogP contribution in [0.3, 0.4) is 0 Å². The van der Waals surface area contributed by atoms with E-state index >= 15 is 0 Å². The SMILES string of the molecule is COc1ccccc1N1CC(c2nc(-c3cccnc3)no2)CC1=O. The predicted molar refractivity (Wildman–Crippen MR) is 90.2 cm³/mol. The van der Waals surface area contributed by atoms with Gasteiger partial charge in [0, 0.05) is 30.9 Å². The van der Waals surface area contributed by atoms with Crippen molar-refractivity contribution < 1.29 is 14.1 Å². The summed E-state index contributed by atoms with van der Waals surface area (Å²) in [6, 6.07) is 11.1. The summed E-state index contributed by atoms with van der Waals surface area (Å²) in [5.74, 6) is 1.47. The molecule has 1 amide bonds. The lowest BCUT2D eigenvalue weighted by Gasteiger charge is -2.18. The van der Waals surface area contributed by atoms with Gasteiger partial charge >= 0.3 is 0 Å². The molecule has 0 N–H and O–H groups in total. The maximum absolute atomic E-state index is 12.5. The van der Waals surface area contributed by atoms with Gasteiger partial charge < -0.3 is 14.2 Å². The molecule has 2 aromatic heterocycles. The number of benzene rings is 1. The fraction of sp³-hybridized carbons (Fsp3) is 0.222. The molecule has 25 heavy (non-hydrogen) atoms.